The molecule has 1 heterocycles. The van der Waals surface area contributed by atoms with E-state index in [4.69, 9.17) is 0 Å². The summed E-state index contributed by atoms with van der Waals surface area (Å²) >= 11 is 0. The van der Waals surface area contributed by atoms with Crippen LogP contribution in [0.25, 0.3) is 11.8 Å². The van der Waals surface area contributed by atoms with Crippen molar-refractivity contribution in [2.75, 3.05) is 7.05 Å². The van der Waals surface area contributed by atoms with Crippen molar-refractivity contribution in [1.82, 2.24) is 14.9 Å². The van der Waals surface area contributed by atoms with Gasteiger partial charge in [0.25, 0.3) is 0 Å². The smallest absolute Gasteiger partial charge is 0.243 e. The number of halogens is 1. The van der Waals surface area contributed by atoms with E-state index in [1.165, 1.54) is 25.5 Å². The van der Waals surface area contributed by atoms with Crippen LogP contribution >= 0.6 is 0 Å². The molecule has 0 bridgehead atoms. The zero-order chi connectivity index (χ0) is 13.0. The van der Waals surface area contributed by atoms with Gasteiger partial charge in [-0.2, -0.15) is 0 Å². The van der Waals surface area contributed by atoms with E-state index in [2.05, 4.69) is 10.3 Å². The number of benzene rings is 1. The quantitative estimate of drug-likeness (QED) is 0.838. The molecule has 0 saturated carbocycles. The van der Waals surface area contributed by atoms with Gasteiger partial charge in [-0.25, -0.2) is 9.37 Å². The number of nitrogens with zero attached hydrogens (tertiary/aromatic N) is 2. The highest BCUT2D eigenvalue weighted by atomic mass is 19.1. The highest BCUT2D eigenvalue weighted by Crippen LogP contribution is 2.15. The van der Waals surface area contributed by atoms with E-state index in [0.29, 0.717) is 11.3 Å². The molecule has 5 heteroatoms. The maximum atomic E-state index is 13.8. The normalized spacial score (nSPS) is 10.8. The van der Waals surface area contributed by atoms with Crippen molar-refractivity contribution in [2.24, 2.45) is 0 Å². The van der Waals surface area contributed by atoms with E-state index in [0.717, 1.165) is 0 Å². The lowest BCUT2D eigenvalue weighted by Gasteiger charge is -2.04. The van der Waals surface area contributed by atoms with Crippen LogP contribution in [-0.4, -0.2) is 22.5 Å². The monoisotopic (exact) mass is 245 g/mol. The Morgan fingerprint density at radius 3 is 2.94 bits per heavy atom. The first-order valence-corrected chi connectivity index (χ1v) is 5.38. The number of amides is 1. The Bertz CT molecular complexity index is 576. The topological polar surface area (TPSA) is 46.9 Å². The number of likely N-dealkylation sites (N-methyl/N-ethyl adjacent to an activating group) is 1. The maximum Gasteiger partial charge on any atom is 0.243 e. The average molecular weight is 245 g/mol. The molecule has 1 aromatic carbocycles. The second-order valence-corrected chi connectivity index (χ2v) is 3.63. The first-order chi connectivity index (χ1) is 8.70. The third-order valence-corrected chi connectivity index (χ3v) is 2.43. The molecule has 0 aliphatic heterocycles. The van der Waals surface area contributed by atoms with Crippen molar-refractivity contribution in [3.05, 3.63) is 54.4 Å². The second kappa shape index (κ2) is 5.27. The van der Waals surface area contributed by atoms with Gasteiger partial charge in [0, 0.05) is 25.5 Å². The molecular formula is C13H12FN3O. The fraction of sp³-hybridized carbons (Fsp3) is 0.0769. The lowest BCUT2D eigenvalue weighted by molar-refractivity contribution is -0.115. The lowest BCUT2D eigenvalue weighted by Crippen LogP contribution is -2.13. The summed E-state index contributed by atoms with van der Waals surface area (Å²) in [6.45, 7) is 0. The minimum absolute atomic E-state index is 0.228. The van der Waals surface area contributed by atoms with Gasteiger partial charge in [-0.05, 0) is 23.8 Å². The molecule has 1 amide bonds. The molecule has 0 radical (unpaired) electrons. The van der Waals surface area contributed by atoms with Crippen LogP contribution in [0, 0.1) is 5.82 Å². The van der Waals surface area contributed by atoms with E-state index in [1.54, 1.807) is 35.2 Å². The molecule has 1 N–H and O–H groups in total. The molecule has 2 aromatic rings. The molecule has 1 aromatic heterocycles. The first kappa shape index (κ1) is 12.0. The van der Waals surface area contributed by atoms with Crippen molar-refractivity contribution in [2.45, 2.75) is 0 Å². The Morgan fingerprint density at radius 1 is 1.50 bits per heavy atom. The zero-order valence-corrected chi connectivity index (χ0v) is 9.80. The van der Waals surface area contributed by atoms with Crippen LogP contribution in [-0.2, 0) is 4.79 Å². The number of hydrogen-bond donors (Lipinski definition) is 1. The van der Waals surface area contributed by atoms with Crippen LogP contribution in [0.15, 0.2) is 43.0 Å². The molecule has 0 aliphatic rings. The van der Waals surface area contributed by atoms with Crippen LogP contribution in [0.1, 0.15) is 5.56 Å². The van der Waals surface area contributed by atoms with Gasteiger partial charge in [-0.1, -0.05) is 6.07 Å². The molecule has 2 rings (SSSR count). The first-order valence-electron chi connectivity index (χ1n) is 5.38. The number of nitrogens with one attached hydrogen (secondary N) is 1. The highest BCUT2D eigenvalue weighted by Gasteiger charge is 2.04. The number of carbonyl (C=O) groups excluding carboxylic acids is 1. The van der Waals surface area contributed by atoms with Crippen molar-refractivity contribution < 1.29 is 9.18 Å². The Balaban J connectivity index is 2.25. The molecule has 0 saturated heterocycles. The third kappa shape index (κ3) is 2.63. The second-order valence-electron chi connectivity index (χ2n) is 3.63. The maximum absolute atomic E-state index is 13.8. The zero-order valence-electron chi connectivity index (χ0n) is 9.80. The fourth-order valence-corrected chi connectivity index (χ4v) is 1.49. The predicted molar refractivity (Wildman–Crippen MR) is 66.6 cm³/mol. The molecule has 92 valence electrons. The summed E-state index contributed by atoms with van der Waals surface area (Å²) in [6.07, 6.45) is 7.68. The Hall–Kier alpha value is -2.43. The van der Waals surface area contributed by atoms with Gasteiger partial charge in [-0.15, -0.1) is 0 Å². The van der Waals surface area contributed by atoms with Crippen LogP contribution in [0.5, 0.6) is 0 Å². The summed E-state index contributed by atoms with van der Waals surface area (Å²) in [4.78, 5) is 14.9. The molecule has 0 spiro atoms. The summed E-state index contributed by atoms with van der Waals surface area (Å²) in [5.41, 5.74) is 1.05. The highest BCUT2D eigenvalue weighted by molar-refractivity contribution is 5.91. The van der Waals surface area contributed by atoms with Crippen molar-refractivity contribution in [3.63, 3.8) is 0 Å². The fourth-order valence-electron chi connectivity index (χ4n) is 1.49. The Labute approximate surface area is 104 Å². The van der Waals surface area contributed by atoms with Gasteiger partial charge in [0.15, 0.2) is 0 Å². The molecule has 0 fully saturated rings. The number of carbonyl (C=O) groups is 1. The molecular weight excluding hydrogens is 233 g/mol. The lowest BCUT2D eigenvalue weighted by atomic mass is 10.2. The van der Waals surface area contributed by atoms with Crippen LogP contribution in [0.3, 0.4) is 0 Å². The summed E-state index contributed by atoms with van der Waals surface area (Å²) in [5.74, 6) is -0.596. The minimum Gasteiger partial charge on any atom is -0.356 e. The molecule has 0 aliphatic carbocycles. The molecule has 18 heavy (non-hydrogen) atoms. The average Bonchev–Trinajstić information content (AvgIpc) is 2.89. The summed E-state index contributed by atoms with van der Waals surface area (Å²) in [5, 5.41) is 2.45. The van der Waals surface area contributed by atoms with Crippen LogP contribution < -0.4 is 5.32 Å². The van der Waals surface area contributed by atoms with E-state index in [1.807, 2.05) is 0 Å². The van der Waals surface area contributed by atoms with Crippen molar-refractivity contribution >= 4 is 12.0 Å². The van der Waals surface area contributed by atoms with E-state index >= 15 is 0 Å². The third-order valence-electron chi connectivity index (χ3n) is 2.43. The SMILES string of the molecule is CNC(=O)/C=C/c1ccc(-n2ccnc2)c(F)c1. The molecule has 0 atom stereocenters. The standard InChI is InChI=1S/C13H12FN3O/c1-15-13(18)5-3-10-2-4-12(11(14)8-10)17-7-6-16-9-17/h2-9H,1H3,(H,15,18)/b5-3+. The minimum atomic E-state index is -0.368. The number of hydrogen-bond acceptors (Lipinski definition) is 2. The van der Waals surface area contributed by atoms with Gasteiger partial charge in [0.05, 0.1) is 12.0 Å². The molecule has 0 unspecified atom stereocenters. The van der Waals surface area contributed by atoms with Crippen LogP contribution in [0.4, 0.5) is 4.39 Å². The summed E-state index contributed by atoms with van der Waals surface area (Å²) in [6, 6.07) is 4.74. The van der Waals surface area contributed by atoms with Gasteiger partial charge in [-0.3, -0.25) is 4.79 Å². The summed E-state index contributed by atoms with van der Waals surface area (Å²) in [7, 11) is 1.54. The van der Waals surface area contributed by atoms with Crippen LogP contribution in [0.2, 0.25) is 0 Å². The van der Waals surface area contributed by atoms with Crippen molar-refractivity contribution in [3.8, 4) is 5.69 Å². The number of rotatable bonds is 3. The number of aromatic nitrogens is 2. The molecule has 4 nitrogen and oxygen atoms in total. The number of imidazole rings is 1. The van der Waals surface area contributed by atoms with E-state index in [-0.39, 0.29) is 11.7 Å². The predicted octanol–water partition coefficient (Wildman–Crippen LogP) is 1.77. The Morgan fingerprint density at radius 2 is 2.33 bits per heavy atom. The Kier molecular flexibility index (Phi) is 3.52. The van der Waals surface area contributed by atoms with Gasteiger partial charge < -0.3 is 9.88 Å². The van der Waals surface area contributed by atoms with Crippen molar-refractivity contribution in [1.29, 1.82) is 0 Å². The van der Waals surface area contributed by atoms with Gasteiger partial charge in [0.1, 0.15) is 5.82 Å². The van der Waals surface area contributed by atoms with E-state index in [9.17, 15) is 9.18 Å². The summed E-state index contributed by atoms with van der Waals surface area (Å²) < 4.78 is 15.4. The largest absolute Gasteiger partial charge is 0.356 e. The van der Waals surface area contributed by atoms with Gasteiger partial charge in [0.2, 0.25) is 5.91 Å². The van der Waals surface area contributed by atoms with E-state index < -0.39 is 0 Å². The van der Waals surface area contributed by atoms with Gasteiger partial charge >= 0.3 is 0 Å².